The number of halogens is 1. The van der Waals surface area contributed by atoms with Crippen LogP contribution in [0, 0.1) is 0 Å². The summed E-state index contributed by atoms with van der Waals surface area (Å²) in [5, 5.41) is 3.31. The monoisotopic (exact) mass is 289 g/mol. The minimum atomic E-state index is 0.762. The second kappa shape index (κ2) is 7.17. The smallest absolute Gasteiger partial charge is 0.0704 e. The van der Waals surface area contributed by atoms with Crippen molar-refractivity contribution in [3.63, 3.8) is 0 Å². The van der Waals surface area contributed by atoms with Crippen molar-refractivity contribution in [3.8, 4) is 0 Å². The zero-order valence-electron chi connectivity index (χ0n) is 9.05. The lowest BCUT2D eigenvalue weighted by atomic mass is 10.2. The molecule has 0 saturated heterocycles. The van der Waals surface area contributed by atoms with Crippen LogP contribution in [0.4, 0.5) is 0 Å². The van der Waals surface area contributed by atoms with Gasteiger partial charge in [-0.1, -0.05) is 5.57 Å². The van der Waals surface area contributed by atoms with Crippen molar-refractivity contribution in [2.45, 2.75) is 6.92 Å². The first-order valence-corrected chi connectivity index (χ1v) is 6.45. The minimum Gasteiger partial charge on any atom is -0.383 e. The molecule has 1 heterocycles. The molecule has 15 heavy (non-hydrogen) atoms. The molecule has 0 aliphatic carbocycles. The number of methoxy groups -OCH3 is 1. The third-order valence-electron chi connectivity index (χ3n) is 1.87. The van der Waals surface area contributed by atoms with Gasteiger partial charge in [-0.15, -0.1) is 11.3 Å². The third kappa shape index (κ3) is 5.47. The van der Waals surface area contributed by atoms with E-state index in [2.05, 4.69) is 46.4 Å². The first kappa shape index (κ1) is 12.9. The topological polar surface area (TPSA) is 21.3 Å². The molecule has 0 unspecified atom stereocenters. The first-order valence-electron chi connectivity index (χ1n) is 4.84. The number of hydrogen-bond acceptors (Lipinski definition) is 3. The number of nitrogens with one attached hydrogen (secondary N) is 1. The second-order valence-corrected chi connectivity index (χ2v) is 5.80. The van der Waals surface area contributed by atoms with E-state index in [-0.39, 0.29) is 0 Å². The van der Waals surface area contributed by atoms with Crippen molar-refractivity contribution in [3.05, 3.63) is 26.4 Å². The van der Waals surface area contributed by atoms with Crippen molar-refractivity contribution in [2.75, 3.05) is 26.8 Å². The molecule has 0 spiro atoms. The van der Waals surface area contributed by atoms with Gasteiger partial charge in [0.2, 0.25) is 0 Å². The molecule has 0 saturated carbocycles. The molecule has 4 heteroatoms. The van der Waals surface area contributed by atoms with Gasteiger partial charge in [-0.05, 0) is 41.1 Å². The summed E-state index contributed by atoms with van der Waals surface area (Å²) in [4.78, 5) is 1.29. The standard InChI is InChI=1S/C11H16BrNOS/c1-9(8-13-5-6-14-2)7-10-3-4-11(12)15-10/h3-4,7,13H,5-6,8H2,1-2H3. The summed E-state index contributed by atoms with van der Waals surface area (Å²) < 4.78 is 6.13. The highest BCUT2D eigenvalue weighted by atomic mass is 79.9. The highest BCUT2D eigenvalue weighted by molar-refractivity contribution is 9.11. The van der Waals surface area contributed by atoms with Gasteiger partial charge in [0.25, 0.3) is 0 Å². The lowest BCUT2D eigenvalue weighted by molar-refractivity contribution is 0.200. The van der Waals surface area contributed by atoms with E-state index in [0.717, 1.165) is 19.7 Å². The molecule has 0 amide bonds. The largest absolute Gasteiger partial charge is 0.383 e. The van der Waals surface area contributed by atoms with Crippen LogP contribution in [0.5, 0.6) is 0 Å². The van der Waals surface area contributed by atoms with Gasteiger partial charge in [-0.25, -0.2) is 0 Å². The molecule has 0 fully saturated rings. The van der Waals surface area contributed by atoms with Crippen molar-refractivity contribution >= 4 is 33.3 Å². The van der Waals surface area contributed by atoms with Crippen molar-refractivity contribution in [1.82, 2.24) is 5.32 Å². The molecule has 0 aliphatic heterocycles. The fourth-order valence-corrected chi connectivity index (χ4v) is 2.61. The van der Waals surface area contributed by atoms with Crippen LogP contribution in [0.1, 0.15) is 11.8 Å². The Morgan fingerprint density at radius 3 is 3.00 bits per heavy atom. The average molecular weight is 290 g/mol. The number of rotatable bonds is 6. The molecule has 0 radical (unpaired) electrons. The van der Waals surface area contributed by atoms with Gasteiger partial charge in [0.15, 0.2) is 0 Å². The highest BCUT2D eigenvalue weighted by Crippen LogP contribution is 2.23. The summed E-state index contributed by atoms with van der Waals surface area (Å²) >= 11 is 5.20. The van der Waals surface area contributed by atoms with Crippen LogP contribution in [0.3, 0.4) is 0 Å². The zero-order chi connectivity index (χ0) is 11.1. The van der Waals surface area contributed by atoms with E-state index in [1.165, 1.54) is 14.2 Å². The molecule has 1 aromatic heterocycles. The summed E-state index contributed by atoms with van der Waals surface area (Å²) in [5.74, 6) is 0. The van der Waals surface area contributed by atoms with E-state index in [0.29, 0.717) is 0 Å². The van der Waals surface area contributed by atoms with Gasteiger partial charge in [0.1, 0.15) is 0 Å². The summed E-state index contributed by atoms with van der Waals surface area (Å²) in [6.07, 6.45) is 2.20. The Bertz CT molecular complexity index is 322. The van der Waals surface area contributed by atoms with Crippen LogP contribution in [0.25, 0.3) is 6.08 Å². The number of ether oxygens (including phenoxy) is 1. The van der Waals surface area contributed by atoms with E-state index in [9.17, 15) is 0 Å². The van der Waals surface area contributed by atoms with E-state index in [1.54, 1.807) is 18.4 Å². The minimum absolute atomic E-state index is 0.762. The maximum atomic E-state index is 4.96. The van der Waals surface area contributed by atoms with E-state index < -0.39 is 0 Å². The van der Waals surface area contributed by atoms with Gasteiger partial charge in [-0.3, -0.25) is 0 Å². The molecule has 0 atom stereocenters. The van der Waals surface area contributed by atoms with Crippen LogP contribution in [0.15, 0.2) is 21.5 Å². The van der Waals surface area contributed by atoms with Crippen LogP contribution in [-0.4, -0.2) is 26.8 Å². The molecule has 1 rings (SSSR count). The van der Waals surface area contributed by atoms with Crippen molar-refractivity contribution in [1.29, 1.82) is 0 Å². The number of hydrogen-bond donors (Lipinski definition) is 1. The Kier molecular flexibility index (Phi) is 6.17. The maximum Gasteiger partial charge on any atom is 0.0704 e. The fraction of sp³-hybridized carbons (Fsp3) is 0.455. The van der Waals surface area contributed by atoms with E-state index >= 15 is 0 Å². The molecule has 84 valence electrons. The highest BCUT2D eigenvalue weighted by Gasteiger charge is 1.95. The first-order chi connectivity index (χ1) is 7.22. The summed E-state index contributed by atoms with van der Waals surface area (Å²) in [7, 11) is 1.72. The lowest BCUT2D eigenvalue weighted by Gasteiger charge is -2.03. The molecular weight excluding hydrogens is 274 g/mol. The van der Waals surface area contributed by atoms with Gasteiger partial charge in [-0.2, -0.15) is 0 Å². The van der Waals surface area contributed by atoms with Crippen molar-refractivity contribution < 1.29 is 4.74 Å². The predicted molar refractivity (Wildman–Crippen MR) is 70.4 cm³/mol. The normalized spacial score (nSPS) is 12.1. The van der Waals surface area contributed by atoms with Crippen LogP contribution in [0.2, 0.25) is 0 Å². The van der Waals surface area contributed by atoms with Gasteiger partial charge >= 0.3 is 0 Å². The van der Waals surface area contributed by atoms with Crippen LogP contribution >= 0.6 is 27.3 Å². The second-order valence-electron chi connectivity index (χ2n) is 3.30. The van der Waals surface area contributed by atoms with E-state index in [1.807, 2.05) is 0 Å². The Morgan fingerprint density at radius 2 is 2.40 bits per heavy atom. The maximum absolute atomic E-state index is 4.96. The van der Waals surface area contributed by atoms with Crippen molar-refractivity contribution in [2.24, 2.45) is 0 Å². The summed E-state index contributed by atoms with van der Waals surface area (Å²) in [6.45, 7) is 4.71. The Labute approximate surface area is 103 Å². The molecule has 1 N–H and O–H groups in total. The molecule has 0 bridgehead atoms. The predicted octanol–water partition coefficient (Wildman–Crippen LogP) is 3.15. The third-order valence-corrected chi connectivity index (χ3v) is 3.44. The zero-order valence-corrected chi connectivity index (χ0v) is 11.5. The Morgan fingerprint density at radius 1 is 1.60 bits per heavy atom. The Balaban J connectivity index is 2.33. The molecule has 0 aromatic carbocycles. The fourth-order valence-electron chi connectivity index (χ4n) is 1.16. The van der Waals surface area contributed by atoms with Gasteiger partial charge in [0.05, 0.1) is 10.4 Å². The average Bonchev–Trinajstić information content (AvgIpc) is 2.59. The van der Waals surface area contributed by atoms with Gasteiger partial charge < -0.3 is 10.1 Å². The van der Waals surface area contributed by atoms with Gasteiger partial charge in [0, 0.05) is 25.1 Å². The summed E-state index contributed by atoms with van der Waals surface area (Å²) in [5.41, 5.74) is 1.33. The Hall–Kier alpha value is -0.160. The quantitative estimate of drug-likeness (QED) is 0.813. The van der Waals surface area contributed by atoms with Crippen LogP contribution < -0.4 is 5.32 Å². The van der Waals surface area contributed by atoms with Crippen LogP contribution in [-0.2, 0) is 4.74 Å². The number of thiophene rings is 1. The molecule has 1 aromatic rings. The van der Waals surface area contributed by atoms with E-state index in [4.69, 9.17) is 4.74 Å². The molecule has 2 nitrogen and oxygen atoms in total. The molecular formula is C11H16BrNOS. The summed E-state index contributed by atoms with van der Waals surface area (Å²) in [6, 6.07) is 4.19. The SMILES string of the molecule is COCCNCC(C)=Cc1ccc(Br)s1. The lowest BCUT2D eigenvalue weighted by Crippen LogP contribution is -2.20. The molecule has 0 aliphatic rings.